The van der Waals surface area contributed by atoms with Crippen molar-refractivity contribution < 1.29 is 14.3 Å². The summed E-state index contributed by atoms with van der Waals surface area (Å²) >= 11 is 1.25. The van der Waals surface area contributed by atoms with Gasteiger partial charge in [0.15, 0.2) is 0 Å². The molecule has 0 saturated heterocycles. The van der Waals surface area contributed by atoms with Gasteiger partial charge in [-0.15, -0.1) is 10.2 Å². The van der Waals surface area contributed by atoms with Gasteiger partial charge >= 0.3 is 0 Å². The number of carbonyl (C=O) groups is 1. The molecule has 108 valence electrons. The van der Waals surface area contributed by atoms with Crippen molar-refractivity contribution in [3.8, 4) is 0 Å². The maximum Gasteiger partial charge on any atom is 0.282 e. The first-order valence-corrected chi connectivity index (χ1v) is 7.01. The van der Waals surface area contributed by atoms with Gasteiger partial charge in [-0.25, -0.2) is 0 Å². The zero-order valence-corrected chi connectivity index (χ0v) is 12.1. The third-order valence-electron chi connectivity index (χ3n) is 2.13. The number of amides is 1. The number of nitrogens with one attached hydrogen (secondary N) is 2. The van der Waals surface area contributed by atoms with Crippen molar-refractivity contribution in [1.82, 2.24) is 15.5 Å². The Morgan fingerprint density at radius 2 is 2.16 bits per heavy atom. The third-order valence-corrected chi connectivity index (χ3v) is 3.01. The summed E-state index contributed by atoms with van der Waals surface area (Å²) in [5.41, 5.74) is 0. The summed E-state index contributed by atoms with van der Waals surface area (Å²) in [7, 11) is 1.63. The van der Waals surface area contributed by atoms with Crippen LogP contribution in [-0.4, -0.2) is 56.1 Å². The summed E-state index contributed by atoms with van der Waals surface area (Å²) in [6, 6.07) is 0. The van der Waals surface area contributed by atoms with Crippen LogP contribution in [0.15, 0.2) is 0 Å². The summed E-state index contributed by atoms with van der Waals surface area (Å²) < 4.78 is 10.1. The maximum atomic E-state index is 11.7. The second-order valence-electron chi connectivity index (χ2n) is 3.66. The van der Waals surface area contributed by atoms with Gasteiger partial charge in [-0.1, -0.05) is 11.3 Å². The Bertz CT molecular complexity index is 373. The zero-order valence-electron chi connectivity index (χ0n) is 11.3. The lowest BCUT2D eigenvalue weighted by atomic mass is 10.4. The minimum atomic E-state index is -0.196. The quantitative estimate of drug-likeness (QED) is 0.618. The number of carbonyl (C=O) groups excluding carboxylic acids is 1. The molecule has 1 aromatic heterocycles. The number of aromatic nitrogens is 2. The van der Waals surface area contributed by atoms with E-state index in [1.165, 1.54) is 11.3 Å². The lowest BCUT2D eigenvalue weighted by molar-refractivity contribution is 0.0688. The van der Waals surface area contributed by atoms with E-state index in [1.54, 1.807) is 7.11 Å². The molecule has 7 nitrogen and oxygen atoms in total. The van der Waals surface area contributed by atoms with E-state index in [1.807, 2.05) is 6.92 Å². The van der Waals surface area contributed by atoms with E-state index in [0.717, 1.165) is 13.0 Å². The first kappa shape index (κ1) is 15.8. The van der Waals surface area contributed by atoms with E-state index in [9.17, 15) is 4.79 Å². The van der Waals surface area contributed by atoms with Crippen LogP contribution < -0.4 is 10.6 Å². The highest BCUT2D eigenvalue weighted by atomic mass is 32.1. The van der Waals surface area contributed by atoms with Gasteiger partial charge in [0.1, 0.15) is 0 Å². The highest BCUT2D eigenvalue weighted by molar-refractivity contribution is 7.17. The van der Waals surface area contributed by atoms with Gasteiger partial charge in [0, 0.05) is 26.8 Å². The molecule has 0 aliphatic rings. The van der Waals surface area contributed by atoms with Crippen molar-refractivity contribution in [2.45, 2.75) is 13.3 Å². The molecule has 0 aliphatic carbocycles. The SMILES string of the molecule is CCNc1nnc(C(=O)NCCCOCCOC)s1. The maximum absolute atomic E-state index is 11.7. The minimum Gasteiger partial charge on any atom is -0.382 e. The van der Waals surface area contributed by atoms with Gasteiger partial charge in [-0.05, 0) is 13.3 Å². The molecule has 19 heavy (non-hydrogen) atoms. The second-order valence-corrected chi connectivity index (χ2v) is 4.63. The molecule has 0 aliphatic heterocycles. The van der Waals surface area contributed by atoms with Crippen molar-refractivity contribution in [2.75, 3.05) is 45.3 Å². The summed E-state index contributed by atoms with van der Waals surface area (Å²) in [5.74, 6) is -0.196. The van der Waals surface area contributed by atoms with E-state index in [2.05, 4.69) is 20.8 Å². The monoisotopic (exact) mass is 288 g/mol. The van der Waals surface area contributed by atoms with Gasteiger partial charge in [0.2, 0.25) is 10.1 Å². The molecule has 2 N–H and O–H groups in total. The fourth-order valence-electron chi connectivity index (χ4n) is 1.23. The normalized spacial score (nSPS) is 10.4. The number of hydrogen-bond acceptors (Lipinski definition) is 7. The first-order chi connectivity index (χ1) is 9.27. The predicted molar refractivity (Wildman–Crippen MR) is 73.7 cm³/mol. The summed E-state index contributed by atoms with van der Waals surface area (Å²) in [6.45, 7) is 5.04. The highest BCUT2D eigenvalue weighted by Crippen LogP contribution is 2.14. The summed E-state index contributed by atoms with van der Waals surface area (Å²) in [5, 5.41) is 14.5. The van der Waals surface area contributed by atoms with Gasteiger partial charge in [0.05, 0.1) is 13.2 Å². The fraction of sp³-hybridized carbons (Fsp3) is 0.727. The molecule has 1 heterocycles. The molecule has 1 amide bonds. The van der Waals surface area contributed by atoms with Crippen molar-refractivity contribution in [1.29, 1.82) is 0 Å². The van der Waals surface area contributed by atoms with Gasteiger partial charge in [0.25, 0.3) is 5.91 Å². The first-order valence-electron chi connectivity index (χ1n) is 6.20. The van der Waals surface area contributed by atoms with Crippen LogP contribution in [0.3, 0.4) is 0 Å². The van der Waals surface area contributed by atoms with Crippen molar-refractivity contribution in [2.24, 2.45) is 0 Å². The van der Waals surface area contributed by atoms with Crippen molar-refractivity contribution in [3.63, 3.8) is 0 Å². The molecular weight excluding hydrogens is 268 g/mol. The average Bonchev–Trinajstić information content (AvgIpc) is 2.87. The zero-order chi connectivity index (χ0) is 13.9. The van der Waals surface area contributed by atoms with Crippen LogP contribution in [-0.2, 0) is 9.47 Å². The van der Waals surface area contributed by atoms with Crippen LogP contribution in [0.4, 0.5) is 5.13 Å². The van der Waals surface area contributed by atoms with Crippen LogP contribution in [0.2, 0.25) is 0 Å². The molecule has 0 aromatic carbocycles. The number of anilines is 1. The summed E-state index contributed by atoms with van der Waals surface area (Å²) in [4.78, 5) is 11.7. The molecule has 8 heteroatoms. The van der Waals surface area contributed by atoms with E-state index in [-0.39, 0.29) is 5.91 Å². The Labute approximate surface area is 116 Å². The number of nitrogens with zero attached hydrogens (tertiary/aromatic N) is 2. The molecule has 0 bridgehead atoms. The number of ether oxygens (including phenoxy) is 2. The lowest BCUT2D eigenvalue weighted by Gasteiger charge is -2.04. The molecule has 1 rings (SSSR count). The Kier molecular flexibility index (Phi) is 8.03. The largest absolute Gasteiger partial charge is 0.382 e. The second kappa shape index (κ2) is 9.65. The molecule has 0 atom stereocenters. The minimum absolute atomic E-state index is 0.196. The Balaban J connectivity index is 2.13. The van der Waals surface area contributed by atoms with E-state index < -0.39 is 0 Å². The Hall–Kier alpha value is -1.25. The predicted octanol–water partition coefficient (Wildman–Crippen LogP) is 0.753. The molecule has 0 saturated carbocycles. The number of hydrogen-bond donors (Lipinski definition) is 2. The van der Waals surface area contributed by atoms with Crippen LogP contribution in [0.25, 0.3) is 0 Å². The van der Waals surface area contributed by atoms with E-state index >= 15 is 0 Å². The van der Waals surface area contributed by atoms with Crippen molar-refractivity contribution >= 4 is 22.4 Å². The standard InChI is InChI=1S/C11H20N4O3S/c1-3-12-11-15-14-10(19-11)9(16)13-5-4-6-18-8-7-17-2/h3-8H2,1-2H3,(H,12,15)(H,13,16). The average molecular weight is 288 g/mol. The van der Waals surface area contributed by atoms with Gasteiger partial charge in [-0.3, -0.25) is 4.79 Å². The highest BCUT2D eigenvalue weighted by Gasteiger charge is 2.11. The number of methoxy groups -OCH3 is 1. The lowest BCUT2D eigenvalue weighted by Crippen LogP contribution is -2.25. The van der Waals surface area contributed by atoms with E-state index in [4.69, 9.17) is 9.47 Å². The van der Waals surface area contributed by atoms with Crippen LogP contribution in [0.5, 0.6) is 0 Å². The van der Waals surface area contributed by atoms with Gasteiger partial charge in [-0.2, -0.15) is 0 Å². The Morgan fingerprint density at radius 1 is 1.32 bits per heavy atom. The molecule has 0 spiro atoms. The van der Waals surface area contributed by atoms with Crippen LogP contribution >= 0.6 is 11.3 Å². The molecule has 0 fully saturated rings. The van der Waals surface area contributed by atoms with Crippen molar-refractivity contribution in [3.05, 3.63) is 5.01 Å². The molecule has 0 radical (unpaired) electrons. The van der Waals surface area contributed by atoms with Crippen LogP contribution in [0, 0.1) is 0 Å². The smallest absolute Gasteiger partial charge is 0.282 e. The van der Waals surface area contributed by atoms with Crippen LogP contribution in [0.1, 0.15) is 23.1 Å². The molecule has 0 unspecified atom stereocenters. The topological polar surface area (TPSA) is 85.4 Å². The summed E-state index contributed by atoms with van der Waals surface area (Å²) in [6.07, 6.45) is 0.758. The Morgan fingerprint density at radius 3 is 2.89 bits per heavy atom. The molecular formula is C11H20N4O3S. The van der Waals surface area contributed by atoms with Gasteiger partial charge < -0.3 is 20.1 Å². The third kappa shape index (κ3) is 6.46. The fourth-order valence-corrected chi connectivity index (χ4v) is 1.96. The van der Waals surface area contributed by atoms with E-state index in [0.29, 0.717) is 36.5 Å². The number of rotatable bonds is 10. The molecule has 1 aromatic rings.